The van der Waals surface area contributed by atoms with E-state index in [1.807, 2.05) is 63.2 Å². The van der Waals surface area contributed by atoms with Crippen molar-refractivity contribution in [3.05, 3.63) is 71.3 Å². The Morgan fingerprint density at radius 1 is 1.06 bits per heavy atom. The zero-order chi connectivity index (χ0) is 22.5. The SMILES string of the molecule is CC(C)Oc1ccc(/C(O)=C2\C(=O)C(=O)N(CCCN(C)C)[C@@H]2c2ccccc2)cc1. The summed E-state index contributed by atoms with van der Waals surface area (Å²) < 4.78 is 5.65. The van der Waals surface area contributed by atoms with Crippen LogP contribution in [0.15, 0.2) is 60.2 Å². The van der Waals surface area contributed by atoms with Crippen LogP contribution in [0.5, 0.6) is 5.75 Å². The molecule has 1 atom stereocenters. The van der Waals surface area contributed by atoms with Gasteiger partial charge >= 0.3 is 0 Å². The van der Waals surface area contributed by atoms with Gasteiger partial charge in [0.05, 0.1) is 17.7 Å². The van der Waals surface area contributed by atoms with Gasteiger partial charge in [-0.1, -0.05) is 30.3 Å². The molecular formula is C25H30N2O4. The molecule has 0 bridgehead atoms. The van der Waals surface area contributed by atoms with Crippen molar-refractivity contribution in [2.45, 2.75) is 32.4 Å². The quantitative estimate of drug-likeness (QED) is 0.398. The van der Waals surface area contributed by atoms with Gasteiger partial charge in [0.15, 0.2) is 0 Å². The molecule has 2 aromatic carbocycles. The fraction of sp³-hybridized carbons (Fsp3) is 0.360. The van der Waals surface area contributed by atoms with Crippen LogP contribution in [0.25, 0.3) is 5.76 Å². The van der Waals surface area contributed by atoms with Crippen molar-refractivity contribution in [2.24, 2.45) is 0 Å². The molecule has 0 unspecified atom stereocenters. The number of amides is 1. The highest BCUT2D eigenvalue weighted by molar-refractivity contribution is 6.46. The average Bonchev–Trinajstić information content (AvgIpc) is 2.99. The number of carbonyl (C=O) groups is 2. The Bertz CT molecular complexity index is 949. The Balaban J connectivity index is 2.01. The second kappa shape index (κ2) is 9.79. The third-order valence-electron chi connectivity index (χ3n) is 5.16. The smallest absolute Gasteiger partial charge is 0.295 e. The van der Waals surface area contributed by atoms with Crippen molar-refractivity contribution in [3.8, 4) is 5.75 Å². The number of Topliss-reactive ketones (excluding diaryl/α,β-unsaturated/α-hetero) is 1. The summed E-state index contributed by atoms with van der Waals surface area (Å²) in [6.45, 7) is 5.10. The van der Waals surface area contributed by atoms with E-state index < -0.39 is 17.7 Å². The molecule has 164 valence electrons. The molecule has 0 radical (unpaired) electrons. The number of ether oxygens (including phenoxy) is 1. The predicted molar refractivity (Wildman–Crippen MR) is 121 cm³/mol. The van der Waals surface area contributed by atoms with E-state index in [-0.39, 0.29) is 17.4 Å². The molecule has 1 aliphatic heterocycles. The first-order valence-corrected chi connectivity index (χ1v) is 10.5. The van der Waals surface area contributed by atoms with Gasteiger partial charge < -0.3 is 19.6 Å². The van der Waals surface area contributed by atoms with Gasteiger partial charge in [0.2, 0.25) is 0 Å². The number of aliphatic hydroxyl groups is 1. The monoisotopic (exact) mass is 422 g/mol. The van der Waals surface area contributed by atoms with Crippen LogP contribution in [0.1, 0.15) is 37.4 Å². The molecule has 0 aliphatic carbocycles. The van der Waals surface area contributed by atoms with E-state index in [9.17, 15) is 14.7 Å². The summed E-state index contributed by atoms with van der Waals surface area (Å²) in [6, 6.07) is 15.7. The summed E-state index contributed by atoms with van der Waals surface area (Å²) in [5.74, 6) is -0.721. The fourth-order valence-electron chi connectivity index (χ4n) is 3.77. The average molecular weight is 423 g/mol. The highest BCUT2D eigenvalue weighted by Crippen LogP contribution is 2.39. The molecule has 1 aliphatic rings. The van der Waals surface area contributed by atoms with E-state index in [4.69, 9.17) is 4.74 Å². The van der Waals surface area contributed by atoms with E-state index in [2.05, 4.69) is 0 Å². The topological polar surface area (TPSA) is 70.1 Å². The zero-order valence-corrected chi connectivity index (χ0v) is 18.5. The Morgan fingerprint density at radius 2 is 1.71 bits per heavy atom. The van der Waals surface area contributed by atoms with Crippen molar-refractivity contribution in [1.29, 1.82) is 0 Å². The second-order valence-electron chi connectivity index (χ2n) is 8.25. The van der Waals surface area contributed by atoms with Gasteiger partial charge in [-0.25, -0.2) is 0 Å². The number of carbonyl (C=O) groups excluding carboxylic acids is 2. The van der Waals surface area contributed by atoms with E-state index in [0.717, 1.165) is 18.5 Å². The molecule has 2 aromatic rings. The first-order valence-electron chi connectivity index (χ1n) is 10.5. The Labute approximate surface area is 183 Å². The molecular weight excluding hydrogens is 392 g/mol. The van der Waals surface area contributed by atoms with Crippen molar-refractivity contribution >= 4 is 17.4 Å². The van der Waals surface area contributed by atoms with E-state index >= 15 is 0 Å². The summed E-state index contributed by atoms with van der Waals surface area (Å²) in [6.07, 6.45) is 0.759. The lowest BCUT2D eigenvalue weighted by Crippen LogP contribution is -2.32. The van der Waals surface area contributed by atoms with Crippen molar-refractivity contribution in [3.63, 3.8) is 0 Å². The van der Waals surface area contributed by atoms with Crippen LogP contribution in [0, 0.1) is 0 Å². The molecule has 0 saturated carbocycles. The Kier molecular flexibility index (Phi) is 7.13. The van der Waals surface area contributed by atoms with Crippen LogP contribution >= 0.6 is 0 Å². The molecule has 1 amide bonds. The predicted octanol–water partition coefficient (Wildman–Crippen LogP) is 3.85. The molecule has 3 rings (SSSR count). The minimum atomic E-state index is -0.654. The summed E-state index contributed by atoms with van der Waals surface area (Å²) in [7, 11) is 3.94. The largest absolute Gasteiger partial charge is 0.507 e. The normalized spacial score (nSPS) is 18.3. The molecule has 1 saturated heterocycles. The van der Waals surface area contributed by atoms with E-state index in [0.29, 0.717) is 17.9 Å². The number of ketones is 1. The first-order chi connectivity index (χ1) is 14.8. The van der Waals surface area contributed by atoms with Gasteiger partial charge in [0.1, 0.15) is 11.5 Å². The number of benzene rings is 2. The first kappa shape index (κ1) is 22.6. The summed E-state index contributed by atoms with van der Waals surface area (Å²) in [5.41, 5.74) is 1.40. The number of aliphatic hydroxyl groups excluding tert-OH is 1. The minimum absolute atomic E-state index is 0.0324. The number of likely N-dealkylation sites (tertiary alicyclic amines) is 1. The molecule has 1 fully saturated rings. The van der Waals surface area contributed by atoms with Crippen LogP contribution in [0.3, 0.4) is 0 Å². The van der Waals surface area contributed by atoms with Gasteiger partial charge in [-0.2, -0.15) is 0 Å². The second-order valence-corrected chi connectivity index (χ2v) is 8.25. The van der Waals surface area contributed by atoms with Crippen molar-refractivity contribution in [2.75, 3.05) is 27.2 Å². The standard InChI is InChI=1S/C25H30N2O4/c1-17(2)31-20-13-11-19(12-14-20)23(28)21-22(18-9-6-5-7-10-18)27(25(30)24(21)29)16-8-15-26(3)4/h5-7,9-14,17,22,28H,8,15-16H2,1-4H3/b23-21+/t22-/m1/s1. The number of hydrogen-bond acceptors (Lipinski definition) is 5. The lowest BCUT2D eigenvalue weighted by molar-refractivity contribution is -0.139. The lowest BCUT2D eigenvalue weighted by Gasteiger charge is -2.26. The van der Waals surface area contributed by atoms with Gasteiger partial charge in [0, 0.05) is 12.1 Å². The van der Waals surface area contributed by atoms with Crippen molar-refractivity contribution < 1.29 is 19.4 Å². The van der Waals surface area contributed by atoms with E-state index in [1.54, 1.807) is 29.2 Å². The minimum Gasteiger partial charge on any atom is -0.507 e. The van der Waals surface area contributed by atoms with Crippen LogP contribution in [0.4, 0.5) is 0 Å². The zero-order valence-electron chi connectivity index (χ0n) is 18.5. The van der Waals surface area contributed by atoms with Crippen LogP contribution in [0.2, 0.25) is 0 Å². The number of nitrogens with zero attached hydrogens (tertiary/aromatic N) is 2. The van der Waals surface area contributed by atoms with Crippen LogP contribution in [-0.4, -0.2) is 59.9 Å². The molecule has 1 N–H and O–H groups in total. The van der Waals surface area contributed by atoms with Gasteiger partial charge in [-0.05, 0) is 70.7 Å². The van der Waals surface area contributed by atoms with Crippen LogP contribution < -0.4 is 4.74 Å². The highest BCUT2D eigenvalue weighted by Gasteiger charge is 2.45. The molecule has 1 heterocycles. The third kappa shape index (κ3) is 5.14. The Hall–Kier alpha value is -3.12. The maximum absolute atomic E-state index is 13.0. The molecule has 6 nitrogen and oxygen atoms in total. The third-order valence-corrected chi connectivity index (χ3v) is 5.16. The molecule has 0 aromatic heterocycles. The summed E-state index contributed by atoms with van der Waals surface area (Å²) in [4.78, 5) is 29.5. The van der Waals surface area contributed by atoms with Gasteiger partial charge in [-0.3, -0.25) is 9.59 Å². The molecule has 31 heavy (non-hydrogen) atoms. The maximum atomic E-state index is 13.0. The van der Waals surface area contributed by atoms with Gasteiger partial charge in [-0.15, -0.1) is 0 Å². The number of hydrogen-bond donors (Lipinski definition) is 1. The van der Waals surface area contributed by atoms with E-state index in [1.165, 1.54) is 0 Å². The fourth-order valence-corrected chi connectivity index (χ4v) is 3.77. The lowest BCUT2D eigenvalue weighted by atomic mass is 9.95. The molecule has 6 heteroatoms. The van der Waals surface area contributed by atoms with Gasteiger partial charge in [0.25, 0.3) is 11.7 Å². The number of rotatable bonds is 8. The summed E-state index contributed by atoms with van der Waals surface area (Å²) >= 11 is 0. The van der Waals surface area contributed by atoms with Crippen LogP contribution in [-0.2, 0) is 9.59 Å². The maximum Gasteiger partial charge on any atom is 0.295 e. The molecule has 0 spiro atoms. The summed E-state index contributed by atoms with van der Waals surface area (Å²) in [5, 5.41) is 11.1. The highest BCUT2D eigenvalue weighted by atomic mass is 16.5. The van der Waals surface area contributed by atoms with Crippen molar-refractivity contribution in [1.82, 2.24) is 9.80 Å². The Morgan fingerprint density at radius 3 is 2.29 bits per heavy atom.